The standard InChI is InChI=1S/C19H17ClO/c20-17-10-8-14(9-11-17)12-18(21)13-16-6-3-5-15-4-1-2-7-19(15)16/h1-11,18,21H,12-13H2. The fraction of sp³-hybridized carbons (Fsp3) is 0.158. The summed E-state index contributed by atoms with van der Waals surface area (Å²) in [7, 11) is 0. The number of halogens is 1. The second-order valence-corrected chi connectivity index (χ2v) is 5.76. The summed E-state index contributed by atoms with van der Waals surface area (Å²) in [6, 6.07) is 22.2. The van der Waals surface area contributed by atoms with Crippen LogP contribution in [0.5, 0.6) is 0 Å². The van der Waals surface area contributed by atoms with Gasteiger partial charge in [-0.1, -0.05) is 66.2 Å². The van der Waals surface area contributed by atoms with Gasteiger partial charge in [0.25, 0.3) is 0 Å². The van der Waals surface area contributed by atoms with Gasteiger partial charge in [0.15, 0.2) is 0 Å². The largest absolute Gasteiger partial charge is 0.392 e. The monoisotopic (exact) mass is 296 g/mol. The molecule has 0 fully saturated rings. The minimum absolute atomic E-state index is 0.392. The van der Waals surface area contributed by atoms with Gasteiger partial charge in [0.1, 0.15) is 0 Å². The Morgan fingerprint density at radius 1 is 0.810 bits per heavy atom. The third-order valence-electron chi connectivity index (χ3n) is 3.72. The first kappa shape index (κ1) is 14.1. The van der Waals surface area contributed by atoms with Gasteiger partial charge < -0.3 is 5.11 Å². The van der Waals surface area contributed by atoms with Gasteiger partial charge in [0.05, 0.1) is 6.10 Å². The van der Waals surface area contributed by atoms with Crippen LogP contribution in [-0.2, 0) is 12.8 Å². The van der Waals surface area contributed by atoms with Gasteiger partial charge in [0.2, 0.25) is 0 Å². The molecule has 0 amide bonds. The van der Waals surface area contributed by atoms with Crippen LogP contribution in [0.4, 0.5) is 0 Å². The average molecular weight is 297 g/mol. The number of benzene rings is 3. The zero-order chi connectivity index (χ0) is 14.7. The van der Waals surface area contributed by atoms with Crippen molar-refractivity contribution in [3.8, 4) is 0 Å². The van der Waals surface area contributed by atoms with Gasteiger partial charge >= 0.3 is 0 Å². The van der Waals surface area contributed by atoms with Crippen molar-refractivity contribution in [3.63, 3.8) is 0 Å². The number of aliphatic hydroxyl groups excluding tert-OH is 1. The molecule has 0 bridgehead atoms. The Morgan fingerprint density at radius 3 is 2.33 bits per heavy atom. The minimum Gasteiger partial charge on any atom is -0.392 e. The van der Waals surface area contributed by atoms with E-state index in [9.17, 15) is 5.11 Å². The summed E-state index contributed by atoms with van der Waals surface area (Å²) in [4.78, 5) is 0. The van der Waals surface area contributed by atoms with Crippen molar-refractivity contribution < 1.29 is 5.11 Å². The lowest BCUT2D eigenvalue weighted by Crippen LogP contribution is -2.14. The third kappa shape index (κ3) is 3.44. The Hall–Kier alpha value is -1.83. The highest BCUT2D eigenvalue weighted by Crippen LogP contribution is 2.21. The van der Waals surface area contributed by atoms with Crippen molar-refractivity contribution in [1.82, 2.24) is 0 Å². The van der Waals surface area contributed by atoms with E-state index in [4.69, 9.17) is 11.6 Å². The van der Waals surface area contributed by atoms with Gasteiger partial charge in [0, 0.05) is 5.02 Å². The molecule has 1 unspecified atom stereocenters. The summed E-state index contributed by atoms with van der Waals surface area (Å²) < 4.78 is 0. The summed E-state index contributed by atoms with van der Waals surface area (Å²) >= 11 is 5.88. The smallest absolute Gasteiger partial charge is 0.0621 e. The van der Waals surface area contributed by atoms with Crippen LogP contribution in [0.3, 0.4) is 0 Å². The molecular weight excluding hydrogens is 280 g/mol. The fourth-order valence-corrected chi connectivity index (χ4v) is 2.82. The molecule has 2 heteroatoms. The number of hydrogen-bond donors (Lipinski definition) is 1. The molecule has 106 valence electrons. The molecule has 0 radical (unpaired) electrons. The molecule has 0 spiro atoms. The zero-order valence-corrected chi connectivity index (χ0v) is 12.4. The zero-order valence-electron chi connectivity index (χ0n) is 11.7. The van der Waals surface area contributed by atoms with Crippen LogP contribution in [0.25, 0.3) is 10.8 Å². The van der Waals surface area contributed by atoms with Gasteiger partial charge in [-0.25, -0.2) is 0 Å². The molecular formula is C19H17ClO. The maximum atomic E-state index is 10.4. The van der Waals surface area contributed by atoms with Crippen LogP contribution < -0.4 is 0 Å². The van der Waals surface area contributed by atoms with Gasteiger partial charge in [-0.2, -0.15) is 0 Å². The van der Waals surface area contributed by atoms with Crippen LogP contribution >= 0.6 is 11.6 Å². The second kappa shape index (κ2) is 6.30. The molecule has 0 aliphatic carbocycles. The van der Waals surface area contributed by atoms with Gasteiger partial charge in [-0.3, -0.25) is 0 Å². The van der Waals surface area contributed by atoms with E-state index in [2.05, 4.69) is 24.3 Å². The van der Waals surface area contributed by atoms with E-state index < -0.39 is 6.10 Å². The summed E-state index contributed by atoms with van der Waals surface area (Å²) in [5.41, 5.74) is 2.29. The van der Waals surface area contributed by atoms with Crippen molar-refractivity contribution in [2.45, 2.75) is 18.9 Å². The van der Waals surface area contributed by atoms with Crippen LogP contribution in [0.2, 0.25) is 5.02 Å². The van der Waals surface area contributed by atoms with Crippen LogP contribution in [0, 0.1) is 0 Å². The molecule has 0 saturated heterocycles. The number of fused-ring (bicyclic) bond motifs is 1. The molecule has 1 N–H and O–H groups in total. The molecule has 0 aliphatic rings. The van der Waals surface area contributed by atoms with Crippen LogP contribution in [0.15, 0.2) is 66.7 Å². The third-order valence-corrected chi connectivity index (χ3v) is 3.97. The first-order valence-corrected chi connectivity index (χ1v) is 7.49. The quantitative estimate of drug-likeness (QED) is 0.743. The molecule has 3 rings (SSSR count). The summed E-state index contributed by atoms with van der Waals surface area (Å²) in [6.45, 7) is 0. The van der Waals surface area contributed by atoms with E-state index in [1.54, 1.807) is 0 Å². The maximum absolute atomic E-state index is 10.4. The van der Waals surface area contributed by atoms with E-state index in [-0.39, 0.29) is 0 Å². The summed E-state index contributed by atoms with van der Waals surface area (Å²) in [6.07, 6.45) is 0.904. The molecule has 1 atom stereocenters. The molecule has 0 heterocycles. The average Bonchev–Trinajstić information content (AvgIpc) is 2.50. The van der Waals surface area contributed by atoms with E-state index in [0.717, 1.165) is 10.6 Å². The normalized spacial score (nSPS) is 12.5. The van der Waals surface area contributed by atoms with Crippen molar-refractivity contribution >= 4 is 22.4 Å². The predicted molar refractivity (Wildman–Crippen MR) is 88.8 cm³/mol. The summed E-state index contributed by atoms with van der Waals surface area (Å²) in [5, 5.41) is 13.5. The highest BCUT2D eigenvalue weighted by atomic mass is 35.5. The Morgan fingerprint density at radius 2 is 1.52 bits per heavy atom. The van der Waals surface area contributed by atoms with E-state index in [1.165, 1.54) is 16.3 Å². The van der Waals surface area contributed by atoms with Gasteiger partial charge in [-0.05, 0) is 46.9 Å². The number of rotatable bonds is 4. The van der Waals surface area contributed by atoms with Gasteiger partial charge in [-0.15, -0.1) is 0 Å². The minimum atomic E-state index is -0.392. The fourth-order valence-electron chi connectivity index (χ4n) is 2.69. The van der Waals surface area contributed by atoms with Crippen LogP contribution in [0.1, 0.15) is 11.1 Å². The highest BCUT2D eigenvalue weighted by molar-refractivity contribution is 6.30. The van der Waals surface area contributed by atoms with Crippen molar-refractivity contribution in [2.24, 2.45) is 0 Å². The molecule has 1 nitrogen and oxygen atoms in total. The number of aliphatic hydroxyl groups is 1. The topological polar surface area (TPSA) is 20.2 Å². The Labute approximate surface area is 129 Å². The Bertz CT molecular complexity index is 729. The second-order valence-electron chi connectivity index (χ2n) is 5.33. The number of hydrogen-bond acceptors (Lipinski definition) is 1. The maximum Gasteiger partial charge on any atom is 0.0621 e. The van der Waals surface area contributed by atoms with E-state index in [0.29, 0.717) is 12.8 Å². The first-order valence-electron chi connectivity index (χ1n) is 7.11. The lowest BCUT2D eigenvalue weighted by molar-refractivity contribution is 0.176. The Kier molecular flexibility index (Phi) is 4.23. The van der Waals surface area contributed by atoms with Crippen molar-refractivity contribution in [2.75, 3.05) is 0 Å². The molecule has 3 aromatic rings. The van der Waals surface area contributed by atoms with Crippen molar-refractivity contribution in [1.29, 1.82) is 0 Å². The van der Waals surface area contributed by atoms with Crippen molar-refractivity contribution in [3.05, 3.63) is 82.9 Å². The molecule has 21 heavy (non-hydrogen) atoms. The molecule has 0 aliphatic heterocycles. The highest BCUT2D eigenvalue weighted by Gasteiger charge is 2.09. The van der Waals surface area contributed by atoms with Crippen LogP contribution in [-0.4, -0.2) is 11.2 Å². The SMILES string of the molecule is OC(Cc1ccc(Cl)cc1)Cc1cccc2ccccc12. The van der Waals surface area contributed by atoms with E-state index >= 15 is 0 Å². The Balaban J connectivity index is 1.77. The summed E-state index contributed by atoms with van der Waals surface area (Å²) in [5.74, 6) is 0. The lowest BCUT2D eigenvalue weighted by Gasteiger charge is -2.13. The molecule has 0 aromatic heterocycles. The molecule has 3 aromatic carbocycles. The van der Waals surface area contributed by atoms with E-state index in [1.807, 2.05) is 42.5 Å². The predicted octanol–water partition coefficient (Wildman–Crippen LogP) is 4.64. The molecule has 0 saturated carbocycles. The first-order chi connectivity index (χ1) is 10.2. The lowest BCUT2D eigenvalue weighted by atomic mass is 9.97.